The molecular formula is C20H32O5. The summed E-state index contributed by atoms with van der Waals surface area (Å²) in [5.41, 5.74) is 0. The van der Waals surface area contributed by atoms with Gasteiger partial charge in [0, 0.05) is 37.0 Å². The van der Waals surface area contributed by atoms with E-state index < -0.39 is 62.4 Å². The van der Waals surface area contributed by atoms with Crippen LogP contribution in [0.25, 0.3) is 0 Å². The molecule has 5 heteroatoms. The van der Waals surface area contributed by atoms with Crippen molar-refractivity contribution in [2.45, 2.75) is 76.7 Å². The third-order valence-electron chi connectivity index (χ3n) is 4.07. The molecule has 0 bridgehead atoms. The SMILES string of the molecule is [2H]C([2H])([2H])C([2H])([2H])C([2H])([2H])C([2H])([2H])C[C@H](O)/C=C/[C@H]1[C@H](O)CC(=O)[C@@H]1C/C=C\CCCC(=O)O. The van der Waals surface area contributed by atoms with Crippen LogP contribution in [0.1, 0.15) is 76.8 Å². The molecule has 1 aliphatic rings. The van der Waals surface area contributed by atoms with Crippen LogP contribution in [-0.4, -0.2) is 39.3 Å². The number of carboxylic acids is 1. The van der Waals surface area contributed by atoms with E-state index in [1.54, 1.807) is 12.2 Å². The zero-order valence-corrected chi connectivity index (χ0v) is 14.0. The first kappa shape index (κ1) is 11.3. The van der Waals surface area contributed by atoms with Crippen molar-refractivity contribution in [2.24, 2.45) is 11.8 Å². The number of Topliss-reactive ketones (excluding diaryl/α,β-unsaturated/α-hetero) is 1. The molecule has 0 radical (unpaired) electrons. The Hall–Kier alpha value is -1.46. The van der Waals surface area contributed by atoms with Gasteiger partial charge in [-0.1, -0.05) is 50.3 Å². The van der Waals surface area contributed by atoms with Crippen molar-refractivity contribution in [1.82, 2.24) is 0 Å². The second-order valence-corrected chi connectivity index (χ2v) is 6.00. The Morgan fingerprint density at radius 1 is 1.44 bits per heavy atom. The Kier molecular flexibility index (Phi) is 5.41. The maximum atomic E-state index is 12.2. The summed E-state index contributed by atoms with van der Waals surface area (Å²) in [4.78, 5) is 22.8. The largest absolute Gasteiger partial charge is 0.481 e. The predicted molar refractivity (Wildman–Crippen MR) is 97.1 cm³/mol. The Bertz CT molecular complexity index is 777. The Labute approximate surface area is 163 Å². The van der Waals surface area contributed by atoms with Crippen LogP contribution in [0.2, 0.25) is 0 Å². The second kappa shape index (κ2) is 12.0. The Balaban J connectivity index is 2.85. The molecule has 25 heavy (non-hydrogen) atoms. The molecule has 0 aromatic carbocycles. The van der Waals surface area contributed by atoms with Gasteiger partial charge in [-0.2, -0.15) is 0 Å². The van der Waals surface area contributed by atoms with Gasteiger partial charge in [0.05, 0.1) is 12.2 Å². The molecular weight excluding hydrogens is 320 g/mol. The van der Waals surface area contributed by atoms with Gasteiger partial charge in [-0.15, -0.1) is 0 Å². The number of rotatable bonds is 12. The molecule has 0 unspecified atom stereocenters. The molecule has 0 saturated heterocycles. The summed E-state index contributed by atoms with van der Waals surface area (Å²) >= 11 is 0. The van der Waals surface area contributed by atoms with E-state index in [1.807, 2.05) is 0 Å². The van der Waals surface area contributed by atoms with Crippen LogP contribution in [-0.2, 0) is 9.59 Å². The molecule has 1 fully saturated rings. The quantitative estimate of drug-likeness (QED) is 0.366. The van der Waals surface area contributed by atoms with Crippen molar-refractivity contribution < 1.29 is 37.2 Å². The van der Waals surface area contributed by atoms with Crippen molar-refractivity contribution >= 4 is 11.8 Å². The van der Waals surface area contributed by atoms with Gasteiger partial charge in [-0.3, -0.25) is 9.59 Å². The van der Waals surface area contributed by atoms with Crippen LogP contribution in [0.4, 0.5) is 0 Å². The van der Waals surface area contributed by atoms with Crippen molar-refractivity contribution in [3.05, 3.63) is 24.3 Å². The maximum Gasteiger partial charge on any atom is 0.303 e. The molecule has 0 amide bonds. The molecule has 1 rings (SSSR count). The monoisotopic (exact) mass is 361 g/mol. The van der Waals surface area contributed by atoms with E-state index in [4.69, 9.17) is 17.4 Å². The molecule has 0 aliphatic heterocycles. The number of hydrogen-bond acceptors (Lipinski definition) is 4. The van der Waals surface area contributed by atoms with Gasteiger partial charge in [-0.05, 0) is 25.7 Å². The van der Waals surface area contributed by atoms with Gasteiger partial charge in [0.15, 0.2) is 0 Å². The summed E-state index contributed by atoms with van der Waals surface area (Å²) in [5.74, 6) is -2.41. The zero-order chi connectivity index (χ0) is 26.5. The number of unbranched alkanes of at least 4 members (excludes halogenated alkanes) is 1. The summed E-state index contributed by atoms with van der Waals surface area (Å²) in [7, 11) is 0. The lowest BCUT2D eigenvalue weighted by Gasteiger charge is -2.16. The standard InChI is InChI=1S/C20H32O5/c1-2-3-6-9-15(21)12-13-17-16(18(22)14-19(17)23)10-7-4-5-8-11-20(24)25/h4,7,12-13,15-17,19,21,23H,2-3,5-6,8-11,14H2,1H3,(H,24,25)/b7-4-,13-12+/t15-,16+,17+,19+/m0/s1/i1D3,2D2,3D2,6D2. The zero-order valence-electron chi connectivity index (χ0n) is 23.0. The van der Waals surface area contributed by atoms with E-state index >= 15 is 0 Å². The predicted octanol–water partition coefficient (Wildman–Crippen LogP) is 3.25. The molecule has 0 aromatic rings. The molecule has 142 valence electrons. The number of ketones is 1. The van der Waals surface area contributed by atoms with Gasteiger partial charge in [0.1, 0.15) is 5.78 Å². The van der Waals surface area contributed by atoms with Gasteiger partial charge < -0.3 is 15.3 Å². The molecule has 0 aromatic heterocycles. The number of carbonyl (C=O) groups excluding carboxylic acids is 1. The highest BCUT2D eigenvalue weighted by molar-refractivity contribution is 5.84. The van der Waals surface area contributed by atoms with Crippen LogP contribution in [0.3, 0.4) is 0 Å². The maximum absolute atomic E-state index is 12.2. The highest BCUT2D eigenvalue weighted by Crippen LogP contribution is 2.33. The highest BCUT2D eigenvalue weighted by Gasteiger charge is 2.39. The number of carboxylic acid groups (broad SMARTS) is 1. The number of aliphatic hydroxyl groups excluding tert-OH is 2. The third kappa shape index (κ3) is 8.45. The van der Waals surface area contributed by atoms with Gasteiger partial charge in [0.25, 0.3) is 0 Å². The van der Waals surface area contributed by atoms with Crippen LogP contribution in [0.15, 0.2) is 24.3 Å². The fraction of sp³-hybridized carbons (Fsp3) is 0.700. The molecule has 0 spiro atoms. The van der Waals surface area contributed by atoms with Crippen LogP contribution < -0.4 is 0 Å². The van der Waals surface area contributed by atoms with E-state index in [0.29, 0.717) is 12.8 Å². The average molecular weight is 362 g/mol. The van der Waals surface area contributed by atoms with Gasteiger partial charge >= 0.3 is 5.97 Å². The smallest absolute Gasteiger partial charge is 0.303 e. The summed E-state index contributed by atoms with van der Waals surface area (Å²) in [6, 6.07) is 0. The molecule has 5 nitrogen and oxygen atoms in total. The number of aliphatic carboxylic acids is 1. The van der Waals surface area contributed by atoms with E-state index in [1.165, 1.54) is 6.08 Å². The van der Waals surface area contributed by atoms with Gasteiger partial charge in [0.2, 0.25) is 0 Å². The highest BCUT2D eigenvalue weighted by atomic mass is 16.4. The number of aliphatic hydroxyl groups is 2. The van der Waals surface area contributed by atoms with E-state index in [-0.39, 0.29) is 25.0 Å². The topological polar surface area (TPSA) is 94.8 Å². The van der Waals surface area contributed by atoms with Crippen molar-refractivity contribution in [3.8, 4) is 0 Å². The summed E-state index contributed by atoms with van der Waals surface area (Å²) in [6.07, 6.45) is -6.63. The van der Waals surface area contributed by atoms with E-state index in [9.17, 15) is 19.8 Å². The first-order valence-corrected chi connectivity index (χ1v) is 8.29. The van der Waals surface area contributed by atoms with E-state index in [2.05, 4.69) is 0 Å². The van der Waals surface area contributed by atoms with Crippen LogP contribution in [0, 0.1) is 11.8 Å². The lowest BCUT2D eigenvalue weighted by atomic mass is 9.90. The molecule has 1 aliphatic carbocycles. The number of allylic oxidation sites excluding steroid dienone is 2. The Morgan fingerprint density at radius 2 is 2.24 bits per heavy atom. The minimum absolute atomic E-state index is 0.0218. The van der Waals surface area contributed by atoms with E-state index in [0.717, 1.165) is 6.08 Å². The van der Waals surface area contributed by atoms with Crippen molar-refractivity contribution in [2.75, 3.05) is 0 Å². The molecule has 0 heterocycles. The van der Waals surface area contributed by atoms with Crippen LogP contribution >= 0.6 is 0 Å². The molecule has 3 N–H and O–H groups in total. The third-order valence-corrected chi connectivity index (χ3v) is 4.07. The van der Waals surface area contributed by atoms with Crippen molar-refractivity contribution in [1.29, 1.82) is 0 Å². The average Bonchev–Trinajstić information content (AvgIpc) is 2.93. The van der Waals surface area contributed by atoms with Crippen LogP contribution in [0.5, 0.6) is 0 Å². The first-order chi connectivity index (χ1) is 15.3. The Morgan fingerprint density at radius 3 is 2.96 bits per heavy atom. The fourth-order valence-corrected chi connectivity index (χ4v) is 2.78. The lowest BCUT2D eigenvalue weighted by molar-refractivity contribution is -0.137. The fourth-order valence-electron chi connectivity index (χ4n) is 2.78. The molecule has 4 atom stereocenters. The minimum atomic E-state index is -3.52. The molecule has 1 saturated carbocycles. The summed E-state index contributed by atoms with van der Waals surface area (Å²) < 4.78 is 68.3. The number of carbonyl (C=O) groups is 2. The summed E-state index contributed by atoms with van der Waals surface area (Å²) in [6.45, 7) is -3.44. The lowest BCUT2D eigenvalue weighted by Crippen LogP contribution is -2.18. The van der Waals surface area contributed by atoms with Crippen molar-refractivity contribution in [3.63, 3.8) is 0 Å². The normalized spacial score (nSPS) is 32.8. The minimum Gasteiger partial charge on any atom is -0.481 e. The number of hydrogen-bond donors (Lipinski definition) is 3. The first-order valence-electron chi connectivity index (χ1n) is 12.8. The second-order valence-electron chi connectivity index (χ2n) is 6.00. The summed E-state index contributed by atoms with van der Waals surface area (Å²) in [5, 5.41) is 29.1. The van der Waals surface area contributed by atoms with Gasteiger partial charge in [-0.25, -0.2) is 0 Å².